The molecule has 3 aromatic heterocycles. The average Bonchev–Trinajstić information content (AvgIpc) is 2.85. The van der Waals surface area contributed by atoms with E-state index in [1.165, 1.54) is 0 Å². The van der Waals surface area contributed by atoms with E-state index in [0.29, 0.717) is 11.6 Å². The number of fused-ring (bicyclic) bond motifs is 1. The maximum atomic E-state index is 5.99. The number of hydrogen-bond acceptors (Lipinski definition) is 5. The maximum absolute atomic E-state index is 5.99. The summed E-state index contributed by atoms with van der Waals surface area (Å²) < 4.78 is 1.14. The van der Waals surface area contributed by atoms with Gasteiger partial charge in [-0.2, -0.15) is 0 Å². The summed E-state index contributed by atoms with van der Waals surface area (Å²) in [6.07, 6.45) is 2.65. The molecular weight excluding hydrogens is 256 g/mol. The van der Waals surface area contributed by atoms with E-state index < -0.39 is 0 Å². The molecule has 0 fully saturated rings. The van der Waals surface area contributed by atoms with E-state index in [-0.39, 0.29) is 0 Å². The quantitative estimate of drug-likeness (QED) is 0.776. The molecule has 0 radical (unpaired) electrons. The van der Waals surface area contributed by atoms with Crippen molar-refractivity contribution in [1.82, 2.24) is 15.0 Å². The second-order valence-electron chi connectivity index (χ2n) is 4.38. The van der Waals surface area contributed by atoms with Crippen LogP contribution in [0.4, 0.5) is 5.82 Å². The van der Waals surface area contributed by atoms with Crippen LogP contribution >= 0.6 is 11.3 Å². The van der Waals surface area contributed by atoms with Gasteiger partial charge in [-0.25, -0.2) is 9.97 Å². The molecule has 3 aromatic rings. The molecule has 5 heteroatoms. The minimum atomic E-state index is 0.566. The molecule has 0 aliphatic carbocycles. The van der Waals surface area contributed by atoms with E-state index >= 15 is 0 Å². The Morgan fingerprint density at radius 2 is 2.16 bits per heavy atom. The van der Waals surface area contributed by atoms with Crippen molar-refractivity contribution in [3.05, 3.63) is 35.0 Å². The van der Waals surface area contributed by atoms with Gasteiger partial charge in [0.15, 0.2) is 5.82 Å². The fourth-order valence-electron chi connectivity index (χ4n) is 2.15. The van der Waals surface area contributed by atoms with Crippen molar-refractivity contribution in [2.75, 3.05) is 5.73 Å². The molecule has 0 saturated heterocycles. The summed E-state index contributed by atoms with van der Waals surface area (Å²) in [4.78, 5) is 13.3. The van der Waals surface area contributed by atoms with E-state index in [9.17, 15) is 0 Å². The molecule has 0 unspecified atom stereocenters. The SMILES string of the molecule is CCc1c(C)nc(-c2cnc3ccsc3c2)nc1N. The Balaban J connectivity index is 2.15. The third-order valence-corrected chi connectivity index (χ3v) is 4.01. The van der Waals surface area contributed by atoms with E-state index in [1.807, 2.05) is 18.4 Å². The van der Waals surface area contributed by atoms with Crippen molar-refractivity contribution in [3.63, 3.8) is 0 Å². The molecule has 0 spiro atoms. The lowest BCUT2D eigenvalue weighted by Crippen LogP contribution is -2.04. The van der Waals surface area contributed by atoms with E-state index in [0.717, 1.165) is 33.5 Å². The summed E-state index contributed by atoms with van der Waals surface area (Å²) in [6, 6.07) is 4.07. The van der Waals surface area contributed by atoms with Gasteiger partial charge in [0.05, 0.1) is 10.2 Å². The van der Waals surface area contributed by atoms with Crippen molar-refractivity contribution >= 4 is 27.4 Å². The van der Waals surface area contributed by atoms with Gasteiger partial charge in [0, 0.05) is 23.0 Å². The summed E-state index contributed by atoms with van der Waals surface area (Å²) >= 11 is 1.66. The monoisotopic (exact) mass is 270 g/mol. The van der Waals surface area contributed by atoms with Crippen LogP contribution in [-0.2, 0) is 6.42 Å². The summed E-state index contributed by atoms with van der Waals surface area (Å²) in [6.45, 7) is 4.03. The van der Waals surface area contributed by atoms with Crippen molar-refractivity contribution in [2.45, 2.75) is 20.3 Å². The number of thiophene rings is 1. The Kier molecular flexibility index (Phi) is 2.91. The van der Waals surface area contributed by atoms with Gasteiger partial charge in [-0.3, -0.25) is 4.98 Å². The highest BCUT2D eigenvalue weighted by Crippen LogP contribution is 2.25. The molecule has 0 atom stereocenters. The lowest BCUT2D eigenvalue weighted by molar-refractivity contribution is 1.01. The number of rotatable bonds is 2. The molecule has 0 bridgehead atoms. The lowest BCUT2D eigenvalue weighted by atomic mass is 10.1. The zero-order valence-corrected chi connectivity index (χ0v) is 11.7. The molecule has 19 heavy (non-hydrogen) atoms. The number of anilines is 1. The van der Waals surface area contributed by atoms with E-state index in [2.05, 4.69) is 27.9 Å². The minimum Gasteiger partial charge on any atom is -0.383 e. The van der Waals surface area contributed by atoms with Crippen LogP contribution in [0.5, 0.6) is 0 Å². The lowest BCUT2D eigenvalue weighted by Gasteiger charge is -2.08. The van der Waals surface area contributed by atoms with Gasteiger partial charge in [-0.15, -0.1) is 11.3 Å². The Bertz CT molecular complexity index is 725. The third kappa shape index (κ3) is 2.06. The highest BCUT2D eigenvalue weighted by molar-refractivity contribution is 7.17. The van der Waals surface area contributed by atoms with Crippen LogP contribution in [0.1, 0.15) is 18.2 Å². The van der Waals surface area contributed by atoms with Gasteiger partial charge >= 0.3 is 0 Å². The smallest absolute Gasteiger partial charge is 0.163 e. The second kappa shape index (κ2) is 4.59. The average molecular weight is 270 g/mol. The first-order valence-corrected chi connectivity index (χ1v) is 7.03. The number of aromatic nitrogens is 3. The van der Waals surface area contributed by atoms with Crippen LogP contribution in [0.2, 0.25) is 0 Å². The normalized spacial score (nSPS) is 11.1. The number of nitrogens with two attached hydrogens (primary N) is 1. The second-order valence-corrected chi connectivity index (χ2v) is 5.33. The summed E-state index contributed by atoms with van der Waals surface area (Å²) in [5, 5.41) is 2.03. The van der Waals surface area contributed by atoms with Gasteiger partial charge < -0.3 is 5.73 Å². The van der Waals surface area contributed by atoms with Crippen molar-refractivity contribution in [2.24, 2.45) is 0 Å². The Labute approximate surface area is 115 Å². The molecule has 0 aliphatic rings. The predicted molar refractivity (Wildman–Crippen MR) is 79.2 cm³/mol. The number of aryl methyl sites for hydroxylation is 1. The summed E-state index contributed by atoms with van der Waals surface area (Å²) in [7, 11) is 0. The first-order chi connectivity index (χ1) is 9.19. The van der Waals surface area contributed by atoms with Gasteiger partial charge in [-0.05, 0) is 30.9 Å². The fourth-order valence-corrected chi connectivity index (χ4v) is 2.93. The maximum Gasteiger partial charge on any atom is 0.163 e. The van der Waals surface area contributed by atoms with E-state index in [4.69, 9.17) is 5.73 Å². The predicted octanol–water partition coefficient (Wildman–Crippen LogP) is 3.21. The highest BCUT2D eigenvalue weighted by atomic mass is 32.1. The first kappa shape index (κ1) is 12.0. The first-order valence-electron chi connectivity index (χ1n) is 6.15. The molecule has 96 valence electrons. The molecule has 2 N–H and O–H groups in total. The largest absolute Gasteiger partial charge is 0.383 e. The van der Waals surface area contributed by atoms with Gasteiger partial charge in [0.25, 0.3) is 0 Å². The standard InChI is InChI=1S/C14H14N4S/c1-3-10-8(2)17-14(18-13(10)15)9-6-12-11(16-7-9)4-5-19-12/h4-7H,3H2,1-2H3,(H2,15,17,18). The molecule has 4 nitrogen and oxygen atoms in total. The van der Waals surface area contributed by atoms with Crippen LogP contribution in [-0.4, -0.2) is 15.0 Å². The number of nitrogen functional groups attached to an aromatic ring is 1. The number of pyridine rings is 1. The zero-order valence-electron chi connectivity index (χ0n) is 10.8. The summed E-state index contributed by atoms with van der Waals surface area (Å²) in [5.41, 5.74) is 9.87. The molecule has 3 heterocycles. The highest BCUT2D eigenvalue weighted by Gasteiger charge is 2.10. The number of hydrogen-bond donors (Lipinski definition) is 1. The topological polar surface area (TPSA) is 64.7 Å². The molecule has 0 aromatic carbocycles. The fraction of sp³-hybridized carbons (Fsp3) is 0.214. The van der Waals surface area contributed by atoms with Gasteiger partial charge in [0.2, 0.25) is 0 Å². The van der Waals surface area contributed by atoms with Gasteiger partial charge in [0.1, 0.15) is 5.82 Å². The molecule has 0 aliphatic heterocycles. The Hall–Kier alpha value is -2.01. The van der Waals surface area contributed by atoms with Crippen molar-refractivity contribution in [3.8, 4) is 11.4 Å². The molecule has 0 amide bonds. The number of nitrogens with zero attached hydrogens (tertiary/aromatic N) is 3. The third-order valence-electron chi connectivity index (χ3n) is 3.16. The molecular formula is C14H14N4S. The van der Waals surface area contributed by atoms with Crippen LogP contribution in [0.25, 0.3) is 21.6 Å². The van der Waals surface area contributed by atoms with Crippen LogP contribution in [0.3, 0.4) is 0 Å². The van der Waals surface area contributed by atoms with Crippen LogP contribution in [0.15, 0.2) is 23.7 Å². The summed E-state index contributed by atoms with van der Waals surface area (Å²) in [5.74, 6) is 1.21. The zero-order chi connectivity index (χ0) is 13.4. The Morgan fingerprint density at radius 1 is 1.32 bits per heavy atom. The Morgan fingerprint density at radius 3 is 2.89 bits per heavy atom. The van der Waals surface area contributed by atoms with Crippen molar-refractivity contribution < 1.29 is 0 Å². The van der Waals surface area contributed by atoms with Crippen molar-refractivity contribution in [1.29, 1.82) is 0 Å². The minimum absolute atomic E-state index is 0.566. The van der Waals surface area contributed by atoms with Gasteiger partial charge in [-0.1, -0.05) is 6.92 Å². The molecule has 3 rings (SSSR count). The van der Waals surface area contributed by atoms with Crippen LogP contribution in [0, 0.1) is 6.92 Å². The van der Waals surface area contributed by atoms with E-state index in [1.54, 1.807) is 17.5 Å². The van der Waals surface area contributed by atoms with Crippen LogP contribution < -0.4 is 5.73 Å². The molecule has 0 saturated carbocycles.